The summed E-state index contributed by atoms with van der Waals surface area (Å²) in [4.78, 5) is 26.1. The van der Waals surface area contributed by atoms with Gasteiger partial charge in [-0.1, -0.05) is 0 Å². The van der Waals surface area contributed by atoms with Crippen LogP contribution in [0.1, 0.15) is 37.0 Å². The molecule has 1 saturated heterocycles. The molecule has 2 fully saturated rings. The van der Waals surface area contributed by atoms with Crippen LogP contribution >= 0.6 is 0 Å². The van der Waals surface area contributed by atoms with Gasteiger partial charge in [-0.25, -0.2) is 0 Å². The van der Waals surface area contributed by atoms with Crippen LogP contribution in [-0.4, -0.2) is 42.0 Å². The van der Waals surface area contributed by atoms with Gasteiger partial charge in [0, 0.05) is 30.3 Å². The van der Waals surface area contributed by atoms with Gasteiger partial charge in [0.15, 0.2) is 0 Å². The van der Waals surface area contributed by atoms with Gasteiger partial charge in [-0.3, -0.25) is 9.59 Å². The van der Waals surface area contributed by atoms with Gasteiger partial charge in [-0.2, -0.15) is 0 Å². The fourth-order valence-electron chi connectivity index (χ4n) is 2.81. The van der Waals surface area contributed by atoms with Gasteiger partial charge in [0.2, 0.25) is 5.91 Å². The van der Waals surface area contributed by atoms with E-state index in [2.05, 4.69) is 5.32 Å². The van der Waals surface area contributed by atoms with Crippen molar-refractivity contribution >= 4 is 17.5 Å². The maximum absolute atomic E-state index is 12.5. The minimum absolute atomic E-state index is 0.0158. The summed E-state index contributed by atoms with van der Waals surface area (Å²) < 4.78 is 5.65. The molecule has 3 rings (SSSR count). The van der Waals surface area contributed by atoms with E-state index in [9.17, 15) is 9.59 Å². The van der Waals surface area contributed by atoms with E-state index in [1.165, 1.54) is 0 Å². The number of morpholine rings is 1. The van der Waals surface area contributed by atoms with Crippen molar-refractivity contribution < 1.29 is 14.3 Å². The number of carbonyl (C=O) groups excluding carboxylic acids is 2. The predicted octanol–water partition coefficient (Wildman–Crippen LogP) is 2.28. The molecule has 1 heterocycles. The molecular formula is C17H22N2O3. The molecule has 2 amide bonds. The highest BCUT2D eigenvalue weighted by Gasteiger charge is 2.30. The van der Waals surface area contributed by atoms with Crippen molar-refractivity contribution in [1.29, 1.82) is 0 Å². The first kappa shape index (κ1) is 15.0. The van der Waals surface area contributed by atoms with Crippen molar-refractivity contribution in [2.45, 2.75) is 38.9 Å². The molecule has 5 heteroatoms. The minimum Gasteiger partial charge on any atom is -0.372 e. The molecule has 1 aromatic rings. The summed E-state index contributed by atoms with van der Waals surface area (Å²) in [6.45, 7) is 5.19. The number of nitrogens with one attached hydrogen (secondary N) is 1. The third-order valence-electron chi connectivity index (χ3n) is 4.05. The van der Waals surface area contributed by atoms with Crippen molar-refractivity contribution in [2.75, 3.05) is 18.4 Å². The van der Waals surface area contributed by atoms with Crippen LogP contribution in [0.25, 0.3) is 0 Å². The molecule has 22 heavy (non-hydrogen) atoms. The first-order chi connectivity index (χ1) is 10.5. The summed E-state index contributed by atoms with van der Waals surface area (Å²) >= 11 is 0. The fraction of sp³-hybridized carbons (Fsp3) is 0.529. The number of rotatable bonds is 3. The predicted molar refractivity (Wildman–Crippen MR) is 83.7 cm³/mol. The molecule has 1 saturated carbocycles. The van der Waals surface area contributed by atoms with Gasteiger partial charge in [0.05, 0.1) is 12.2 Å². The Morgan fingerprint density at radius 2 is 1.68 bits per heavy atom. The Hall–Kier alpha value is -1.88. The SMILES string of the molecule is C[C@H]1CN(C(=O)c2ccc(NC(=O)C3CC3)cc2)C[C@H](C)O1. The Balaban J connectivity index is 1.64. The molecule has 5 nitrogen and oxygen atoms in total. The largest absolute Gasteiger partial charge is 0.372 e. The van der Waals surface area contributed by atoms with E-state index in [0.717, 1.165) is 18.5 Å². The summed E-state index contributed by atoms with van der Waals surface area (Å²) in [5, 5.41) is 2.88. The second kappa shape index (κ2) is 6.08. The third kappa shape index (κ3) is 3.47. The van der Waals surface area contributed by atoms with Gasteiger partial charge >= 0.3 is 0 Å². The molecule has 0 spiro atoms. The van der Waals surface area contributed by atoms with E-state index >= 15 is 0 Å². The van der Waals surface area contributed by atoms with Crippen LogP contribution < -0.4 is 5.32 Å². The molecule has 1 aliphatic carbocycles. The maximum atomic E-state index is 12.5. The maximum Gasteiger partial charge on any atom is 0.254 e. The monoisotopic (exact) mass is 302 g/mol. The van der Waals surface area contributed by atoms with Crippen LogP contribution in [-0.2, 0) is 9.53 Å². The van der Waals surface area contributed by atoms with Crippen molar-refractivity contribution in [1.82, 2.24) is 4.90 Å². The van der Waals surface area contributed by atoms with Gasteiger partial charge in [-0.15, -0.1) is 0 Å². The normalized spacial score (nSPS) is 24.9. The van der Waals surface area contributed by atoms with Gasteiger partial charge < -0.3 is 15.0 Å². The first-order valence-electron chi connectivity index (χ1n) is 7.88. The number of hydrogen-bond donors (Lipinski definition) is 1. The van der Waals surface area contributed by atoms with Gasteiger partial charge in [0.1, 0.15) is 0 Å². The topological polar surface area (TPSA) is 58.6 Å². The third-order valence-corrected chi connectivity index (χ3v) is 4.05. The zero-order valence-electron chi connectivity index (χ0n) is 13.0. The summed E-state index contributed by atoms with van der Waals surface area (Å²) in [5.74, 6) is 0.273. The second-order valence-electron chi connectivity index (χ2n) is 6.31. The van der Waals surface area contributed by atoms with Crippen molar-refractivity contribution in [3.05, 3.63) is 29.8 Å². The van der Waals surface area contributed by atoms with Crippen LogP contribution in [0.4, 0.5) is 5.69 Å². The summed E-state index contributed by atoms with van der Waals surface area (Å²) in [6.07, 6.45) is 2.08. The fourth-order valence-corrected chi connectivity index (χ4v) is 2.81. The minimum atomic E-state index is 0.0158. The number of hydrogen-bond acceptors (Lipinski definition) is 3. The van der Waals surface area contributed by atoms with E-state index in [4.69, 9.17) is 4.74 Å². The Labute approximate surface area is 130 Å². The average Bonchev–Trinajstić information content (AvgIpc) is 3.31. The van der Waals surface area contributed by atoms with Crippen LogP contribution in [0.15, 0.2) is 24.3 Å². The van der Waals surface area contributed by atoms with Crippen LogP contribution in [0.2, 0.25) is 0 Å². The van der Waals surface area contributed by atoms with E-state index in [1.54, 1.807) is 24.3 Å². The summed E-state index contributed by atoms with van der Waals surface area (Å²) in [6, 6.07) is 7.13. The molecule has 0 aromatic heterocycles. The molecule has 0 radical (unpaired) electrons. The molecule has 2 atom stereocenters. The summed E-state index contributed by atoms with van der Waals surface area (Å²) in [7, 11) is 0. The zero-order valence-corrected chi connectivity index (χ0v) is 13.0. The first-order valence-corrected chi connectivity index (χ1v) is 7.88. The molecule has 0 bridgehead atoms. The van der Waals surface area contributed by atoms with Gasteiger partial charge in [-0.05, 0) is 51.0 Å². The zero-order chi connectivity index (χ0) is 15.7. The molecule has 1 aromatic carbocycles. The average molecular weight is 302 g/mol. The van der Waals surface area contributed by atoms with Crippen molar-refractivity contribution in [3.63, 3.8) is 0 Å². The van der Waals surface area contributed by atoms with E-state index in [0.29, 0.717) is 18.7 Å². The van der Waals surface area contributed by atoms with Gasteiger partial charge in [0.25, 0.3) is 5.91 Å². The lowest BCUT2D eigenvalue weighted by Gasteiger charge is -2.35. The Bertz CT molecular complexity index is 556. The van der Waals surface area contributed by atoms with Crippen molar-refractivity contribution in [2.24, 2.45) is 5.92 Å². The number of amides is 2. The number of nitrogens with zero attached hydrogens (tertiary/aromatic N) is 1. The standard InChI is InChI=1S/C17H22N2O3/c1-11-9-19(10-12(2)22-11)17(21)14-5-7-15(8-6-14)18-16(20)13-3-4-13/h5-8,11-13H,3-4,9-10H2,1-2H3,(H,18,20)/t11-,12-/m0/s1. The molecule has 118 valence electrons. The second-order valence-corrected chi connectivity index (χ2v) is 6.31. The molecule has 2 aliphatic rings. The Morgan fingerprint density at radius 3 is 2.23 bits per heavy atom. The van der Waals surface area contributed by atoms with E-state index < -0.39 is 0 Å². The molecule has 1 N–H and O–H groups in total. The van der Waals surface area contributed by atoms with Crippen LogP contribution in [0.5, 0.6) is 0 Å². The lowest BCUT2D eigenvalue weighted by Crippen LogP contribution is -2.48. The molecule has 0 unspecified atom stereocenters. The number of anilines is 1. The Kier molecular flexibility index (Phi) is 4.16. The number of ether oxygens (including phenoxy) is 1. The number of benzene rings is 1. The van der Waals surface area contributed by atoms with E-state index in [1.807, 2.05) is 18.7 Å². The Morgan fingerprint density at radius 1 is 1.09 bits per heavy atom. The highest BCUT2D eigenvalue weighted by atomic mass is 16.5. The lowest BCUT2D eigenvalue weighted by atomic mass is 10.1. The quantitative estimate of drug-likeness (QED) is 0.932. The number of carbonyl (C=O) groups is 2. The highest BCUT2D eigenvalue weighted by molar-refractivity contribution is 5.96. The molecular weight excluding hydrogens is 280 g/mol. The smallest absolute Gasteiger partial charge is 0.254 e. The van der Waals surface area contributed by atoms with Crippen LogP contribution in [0, 0.1) is 5.92 Å². The molecule has 1 aliphatic heterocycles. The lowest BCUT2D eigenvalue weighted by molar-refractivity contribution is -0.117. The highest BCUT2D eigenvalue weighted by Crippen LogP contribution is 2.30. The van der Waals surface area contributed by atoms with Crippen LogP contribution in [0.3, 0.4) is 0 Å². The summed E-state index contributed by atoms with van der Waals surface area (Å²) in [5.41, 5.74) is 1.39. The van der Waals surface area contributed by atoms with E-state index in [-0.39, 0.29) is 29.9 Å². The van der Waals surface area contributed by atoms with Crippen molar-refractivity contribution in [3.8, 4) is 0 Å².